The predicted molar refractivity (Wildman–Crippen MR) is 255 cm³/mol. The van der Waals surface area contributed by atoms with Crippen LogP contribution < -0.4 is 21.3 Å². The number of hydrogen-bond donors (Lipinski definition) is 6. The van der Waals surface area contributed by atoms with E-state index in [1.165, 1.54) is 24.3 Å². The van der Waals surface area contributed by atoms with Crippen LogP contribution in [0.5, 0.6) is 0 Å². The first-order chi connectivity index (χ1) is 33.7. The number of nitrogens with zero attached hydrogens (tertiary/aromatic N) is 3. The molecule has 7 rings (SSSR count). The minimum Gasteiger partial charge on any atom is -0.477 e. The second-order valence-electron chi connectivity index (χ2n) is 20.8. The standard InChI is InChI=1S/C51H60F4N8O9/c1-27-22-33(42(65)59-39-36-25-63(26-37(36)39)47(70)72-49(5,6)7)18-21-35(27)30-12-8-28(9-13-30)23-38(58-41(64)32-14-10-29(11-15-32)24-56-46(69)71-48(2,3)4)43(66)57-34-19-16-31(17-20-34)40-60-44(62-61-40)50(52,53)51(54,55)45(67)68/h8-9,12-13,16-22,29,32,36-39H,10-11,14-15,23-26H2,1-7H3,(H,56,69)(H,57,66)(H,58,64)(H,59,65)(H,67,68)(H,60,61,62). The third kappa shape index (κ3) is 12.5. The number of aliphatic carboxylic acids is 1. The number of aryl methyl sites for hydroxylation is 1. The minimum absolute atomic E-state index is 0.0179. The van der Waals surface area contributed by atoms with Gasteiger partial charge in [-0.05, 0) is 139 Å². The number of likely N-dealkylation sites (tertiary alicyclic amines) is 1. The van der Waals surface area contributed by atoms with Gasteiger partial charge in [0.2, 0.25) is 17.6 Å². The van der Waals surface area contributed by atoms with Crippen LogP contribution in [-0.2, 0) is 36.2 Å². The lowest BCUT2D eigenvalue weighted by atomic mass is 9.81. The molecule has 3 unspecified atom stereocenters. The monoisotopic (exact) mass is 1000 g/mol. The van der Waals surface area contributed by atoms with Crippen LogP contribution in [-0.4, -0.2) is 110 Å². The van der Waals surface area contributed by atoms with E-state index in [2.05, 4.69) is 31.3 Å². The van der Waals surface area contributed by atoms with E-state index in [0.717, 1.165) is 16.7 Å². The van der Waals surface area contributed by atoms with Gasteiger partial charge in [-0.1, -0.05) is 30.3 Å². The number of alkyl carbamates (subject to hydrolysis) is 1. The molecule has 1 aromatic heterocycles. The van der Waals surface area contributed by atoms with Crippen molar-refractivity contribution in [1.82, 2.24) is 36.0 Å². The molecule has 2 aliphatic carbocycles. The summed E-state index contributed by atoms with van der Waals surface area (Å²) in [6, 6.07) is 17.3. The van der Waals surface area contributed by atoms with Crippen LogP contribution in [0.3, 0.4) is 0 Å². The molecular formula is C51H60F4N8O9. The van der Waals surface area contributed by atoms with Crippen LogP contribution in [0.4, 0.5) is 32.8 Å². The van der Waals surface area contributed by atoms with Crippen LogP contribution in [0.25, 0.3) is 22.5 Å². The number of ether oxygens (including phenoxy) is 2. The van der Waals surface area contributed by atoms with Crippen LogP contribution in [0.2, 0.25) is 0 Å². The molecule has 1 aliphatic heterocycles. The average molecular weight is 1010 g/mol. The number of hydrogen-bond acceptors (Lipinski definition) is 10. The zero-order chi connectivity index (χ0) is 52.5. The third-order valence-corrected chi connectivity index (χ3v) is 13.0. The molecule has 2 heterocycles. The lowest BCUT2D eigenvalue weighted by Crippen LogP contribution is -2.48. The summed E-state index contributed by atoms with van der Waals surface area (Å²) in [5.74, 6) is -16.8. The van der Waals surface area contributed by atoms with Crippen molar-refractivity contribution >= 4 is 41.6 Å². The molecule has 5 amide bonds. The summed E-state index contributed by atoms with van der Waals surface area (Å²) in [6.45, 7) is 14.1. The van der Waals surface area contributed by atoms with E-state index >= 15 is 0 Å². The number of anilines is 1. The Kier molecular flexibility index (Phi) is 15.1. The second kappa shape index (κ2) is 20.6. The van der Waals surface area contributed by atoms with Gasteiger partial charge in [0.1, 0.15) is 17.2 Å². The summed E-state index contributed by atoms with van der Waals surface area (Å²) in [7, 11) is 0. The maximum absolute atomic E-state index is 14.4. The number of halogens is 4. The lowest BCUT2D eigenvalue weighted by Gasteiger charge is -2.29. The number of fused-ring (bicyclic) bond motifs is 1. The van der Waals surface area contributed by atoms with Crippen LogP contribution >= 0.6 is 0 Å². The number of benzene rings is 3. The van der Waals surface area contributed by atoms with Gasteiger partial charge in [0, 0.05) is 66.7 Å². The first-order valence-electron chi connectivity index (χ1n) is 23.8. The summed E-state index contributed by atoms with van der Waals surface area (Å²) in [5.41, 5.74) is 2.88. The number of aromatic amines is 1. The van der Waals surface area contributed by atoms with Gasteiger partial charge in [0.25, 0.3) is 5.91 Å². The molecule has 17 nitrogen and oxygen atoms in total. The fourth-order valence-corrected chi connectivity index (χ4v) is 9.05. The van der Waals surface area contributed by atoms with Crippen molar-refractivity contribution < 1.29 is 60.9 Å². The Morgan fingerprint density at radius 1 is 0.819 bits per heavy atom. The maximum Gasteiger partial charge on any atom is 0.411 e. The van der Waals surface area contributed by atoms with Crippen molar-refractivity contribution in [3.05, 3.63) is 89.2 Å². The molecule has 1 saturated heterocycles. The van der Waals surface area contributed by atoms with Crippen molar-refractivity contribution in [2.24, 2.45) is 23.7 Å². The number of nitrogens with one attached hydrogen (secondary N) is 5. The highest BCUT2D eigenvalue weighted by Gasteiger charge is 2.66. The van der Waals surface area contributed by atoms with Gasteiger partial charge in [-0.25, -0.2) is 19.4 Å². The van der Waals surface area contributed by atoms with Gasteiger partial charge >= 0.3 is 30.0 Å². The van der Waals surface area contributed by atoms with E-state index in [4.69, 9.17) is 14.6 Å². The number of alkyl halides is 4. The quantitative estimate of drug-likeness (QED) is 0.0628. The third-order valence-electron chi connectivity index (χ3n) is 13.0. The molecule has 6 N–H and O–H groups in total. The number of carboxylic acid groups (broad SMARTS) is 1. The van der Waals surface area contributed by atoms with Crippen molar-refractivity contribution in [3.63, 3.8) is 0 Å². The smallest absolute Gasteiger partial charge is 0.411 e. The van der Waals surface area contributed by atoms with Gasteiger partial charge in [-0.3, -0.25) is 19.5 Å². The van der Waals surface area contributed by atoms with Crippen molar-refractivity contribution in [2.45, 2.75) is 116 Å². The highest BCUT2D eigenvalue weighted by atomic mass is 19.3. The van der Waals surface area contributed by atoms with Gasteiger partial charge in [0.15, 0.2) is 5.82 Å². The zero-order valence-corrected chi connectivity index (χ0v) is 41.0. The van der Waals surface area contributed by atoms with Crippen LogP contribution in [0.15, 0.2) is 66.7 Å². The predicted octanol–water partition coefficient (Wildman–Crippen LogP) is 7.85. The van der Waals surface area contributed by atoms with Gasteiger partial charge in [-0.15, -0.1) is 0 Å². The first kappa shape index (κ1) is 52.8. The number of H-pyrrole nitrogens is 1. The summed E-state index contributed by atoms with van der Waals surface area (Å²) in [6.07, 6.45) is 1.58. The number of carbonyl (C=O) groups excluding carboxylic acids is 5. The number of carbonyl (C=O) groups is 6. The van der Waals surface area contributed by atoms with Crippen molar-refractivity contribution in [2.75, 3.05) is 25.0 Å². The van der Waals surface area contributed by atoms with E-state index in [1.807, 2.05) is 64.1 Å². The number of piperidine rings is 1. The highest BCUT2D eigenvalue weighted by Crippen LogP contribution is 2.46. The molecule has 21 heteroatoms. The molecule has 3 atom stereocenters. The molecule has 2 saturated carbocycles. The maximum atomic E-state index is 14.4. The number of rotatable bonds is 15. The molecular weight excluding hydrogens is 945 g/mol. The summed E-state index contributed by atoms with van der Waals surface area (Å²) >= 11 is 0. The second-order valence-corrected chi connectivity index (χ2v) is 20.8. The normalized spacial score (nSPS) is 20.4. The number of aromatic nitrogens is 3. The topological polar surface area (TPSA) is 234 Å². The van der Waals surface area contributed by atoms with E-state index in [9.17, 15) is 46.3 Å². The number of amides is 5. The van der Waals surface area contributed by atoms with Crippen molar-refractivity contribution in [1.29, 1.82) is 0 Å². The molecule has 72 heavy (non-hydrogen) atoms. The molecule has 0 spiro atoms. The summed E-state index contributed by atoms with van der Waals surface area (Å²) in [5, 5.41) is 25.5. The minimum atomic E-state index is -5.47. The Labute approximate surface area is 413 Å². The molecule has 4 aromatic rings. The Hall–Kier alpha value is -7.06. The van der Waals surface area contributed by atoms with E-state index in [-0.39, 0.29) is 59.4 Å². The van der Waals surface area contributed by atoms with Gasteiger partial charge < -0.3 is 40.7 Å². The Balaban J connectivity index is 0.996. The molecule has 3 aromatic carbocycles. The fourth-order valence-electron chi connectivity index (χ4n) is 9.05. The fraction of sp³-hybridized carbons (Fsp3) is 0.490. The largest absolute Gasteiger partial charge is 0.477 e. The lowest BCUT2D eigenvalue weighted by molar-refractivity contribution is -0.231. The molecule has 3 fully saturated rings. The zero-order valence-electron chi connectivity index (χ0n) is 41.0. The average Bonchev–Trinajstić information content (AvgIpc) is 3.63. The van der Waals surface area contributed by atoms with Crippen LogP contribution in [0.1, 0.15) is 94.5 Å². The Morgan fingerprint density at radius 2 is 1.43 bits per heavy atom. The first-order valence-corrected chi connectivity index (χ1v) is 23.8. The number of carboxylic acids is 1. The molecule has 3 aliphatic rings. The molecule has 0 bridgehead atoms. The Morgan fingerprint density at radius 3 is 2.01 bits per heavy atom. The Bertz CT molecular complexity index is 2660. The summed E-state index contributed by atoms with van der Waals surface area (Å²) in [4.78, 5) is 81.8. The van der Waals surface area contributed by atoms with Gasteiger partial charge in [-0.2, -0.15) is 22.7 Å². The highest BCUT2D eigenvalue weighted by molar-refractivity contribution is 5.98. The van der Waals surface area contributed by atoms with E-state index in [0.29, 0.717) is 56.4 Å². The van der Waals surface area contributed by atoms with Crippen molar-refractivity contribution in [3.8, 4) is 22.5 Å². The van der Waals surface area contributed by atoms with Gasteiger partial charge in [0.05, 0.1) is 0 Å². The van der Waals surface area contributed by atoms with Crippen LogP contribution in [0, 0.1) is 30.6 Å². The van der Waals surface area contributed by atoms with E-state index in [1.54, 1.807) is 36.8 Å². The van der Waals surface area contributed by atoms with E-state index < -0.39 is 64.6 Å². The molecule has 0 radical (unpaired) electrons. The SMILES string of the molecule is Cc1cc(C(=O)NC2C3CN(C(=O)OC(C)(C)C)CC32)ccc1-c1ccc(CC(NC(=O)C2CCC(CNC(=O)OC(C)(C)C)CC2)C(=O)Nc2ccc(-c3n[nH]c(C(F)(F)C(F)(F)C(=O)O)n3)cc2)cc1. The molecule has 386 valence electrons. The summed E-state index contributed by atoms with van der Waals surface area (Å²) < 4.78 is 67.1.